The summed E-state index contributed by atoms with van der Waals surface area (Å²) in [4.78, 5) is 23.0. The van der Waals surface area contributed by atoms with Crippen LogP contribution in [0.4, 0.5) is 0 Å². The minimum absolute atomic E-state index is 0. The molecular weight excluding hydrogens is 430 g/mol. The van der Waals surface area contributed by atoms with E-state index in [1.54, 1.807) is 0 Å². The van der Waals surface area contributed by atoms with Gasteiger partial charge in [-0.3, -0.25) is 9.59 Å². The summed E-state index contributed by atoms with van der Waals surface area (Å²) in [6.07, 6.45) is 11.4. The van der Waals surface area contributed by atoms with E-state index in [-0.39, 0.29) is 63.6 Å². The Labute approximate surface area is 191 Å². The van der Waals surface area contributed by atoms with Gasteiger partial charge < -0.3 is 13.1 Å². The fourth-order valence-corrected chi connectivity index (χ4v) is 3.51. The SMILES string of the molecule is CCCCCCCC(C(CC)CCCCC)C(C(=O)O)C(=O)O.[Ba+2].[H-].[H-]. The van der Waals surface area contributed by atoms with Crippen LogP contribution in [0.1, 0.15) is 94.3 Å². The van der Waals surface area contributed by atoms with Crippen LogP contribution < -0.4 is 0 Å². The minimum Gasteiger partial charge on any atom is -1.00 e. The molecular formula is C19H38BaO4. The molecule has 24 heavy (non-hydrogen) atoms. The summed E-state index contributed by atoms with van der Waals surface area (Å²) in [6, 6.07) is 0. The zero-order valence-corrected chi connectivity index (χ0v) is 20.4. The van der Waals surface area contributed by atoms with Crippen LogP contribution in [0.15, 0.2) is 0 Å². The number of hydrogen-bond acceptors (Lipinski definition) is 2. The molecule has 0 aromatic carbocycles. The summed E-state index contributed by atoms with van der Waals surface area (Å²) in [6.45, 7) is 6.36. The molecule has 2 atom stereocenters. The van der Waals surface area contributed by atoms with Crippen LogP contribution >= 0.6 is 0 Å². The van der Waals surface area contributed by atoms with Gasteiger partial charge in [-0.2, -0.15) is 0 Å². The predicted octanol–water partition coefficient (Wildman–Crippen LogP) is 5.20. The number of carboxylic acids is 2. The molecule has 4 nitrogen and oxygen atoms in total. The largest absolute Gasteiger partial charge is 2.00 e. The van der Waals surface area contributed by atoms with Crippen LogP contribution in [-0.2, 0) is 9.59 Å². The second-order valence-electron chi connectivity index (χ2n) is 6.68. The Bertz CT molecular complexity index is 330. The van der Waals surface area contributed by atoms with E-state index in [1.807, 2.05) is 0 Å². The molecule has 0 amide bonds. The second kappa shape index (κ2) is 17.0. The predicted molar refractivity (Wildman–Crippen MR) is 102 cm³/mol. The third-order valence-electron chi connectivity index (χ3n) is 4.91. The van der Waals surface area contributed by atoms with E-state index in [0.717, 1.165) is 57.8 Å². The zero-order valence-electron chi connectivity index (χ0n) is 17.9. The molecule has 140 valence electrons. The van der Waals surface area contributed by atoms with E-state index in [9.17, 15) is 19.8 Å². The van der Waals surface area contributed by atoms with Gasteiger partial charge >= 0.3 is 60.8 Å². The van der Waals surface area contributed by atoms with E-state index >= 15 is 0 Å². The summed E-state index contributed by atoms with van der Waals surface area (Å²) in [5.41, 5.74) is 0. The molecule has 0 spiro atoms. The first kappa shape index (κ1) is 26.7. The molecule has 0 fully saturated rings. The summed E-state index contributed by atoms with van der Waals surface area (Å²) in [5, 5.41) is 18.8. The Morgan fingerprint density at radius 3 is 1.71 bits per heavy atom. The third-order valence-corrected chi connectivity index (χ3v) is 4.91. The van der Waals surface area contributed by atoms with Crippen molar-refractivity contribution in [1.29, 1.82) is 0 Å². The van der Waals surface area contributed by atoms with Crippen molar-refractivity contribution in [2.75, 3.05) is 0 Å². The maximum absolute atomic E-state index is 11.5. The van der Waals surface area contributed by atoms with Gasteiger partial charge in [-0.05, 0) is 18.3 Å². The van der Waals surface area contributed by atoms with Crippen molar-refractivity contribution < 1.29 is 22.7 Å². The molecule has 0 radical (unpaired) electrons. The average Bonchev–Trinajstić information content (AvgIpc) is 2.49. The average molecular weight is 468 g/mol. The van der Waals surface area contributed by atoms with Gasteiger partial charge in [0.2, 0.25) is 0 Å². The van der Waals surface area contributed by atoms with E-state index < -0.39 is 17.9 Å². The van der Waals surface area contributed by atoms with Gasteiger partial charge in [0, 0.05) is 0 Å². The monoisotopic (exact) mass is 468 g/mol. The Hall–Kier alpha value is 0.511. The number of rotatable bonds is 15. The summed E-state index contributed by atoms with van der Waals surface area (Å²) >= 11 is 0. The van der Waals surface area contributed by atoms with E-state index in [1.165, 1.54) is 12.8 Å². The Morgan fingerprint density at radius 2 is 1.25 bits per heavy atom. The first-order valence-corrected chi connectivity index (χ1v) is 9.45. The van der Waals surface area contributed by atoms with Crippen molar-refractivity contribution in [1.82, 2.24) is 0 Å². The van der Waals surface area contributed by atoms with Gasteiger partial charge in [-0.25, -0.2) is 0 Å². The van der Waals surface area contributed by atoms with Crippen molar-refractivity contribution in [2.24, 2.45) is 17.8 Å². The molecule has 2 unspecified atom stereocenters. The van der Waals surface area contributed by atoms with Gasteiger partial charge in [0.25, 0.3) is 0 Å². The van der Waals surface area contributed by atoms with Crippen LogP contribution in [0, 0.1) is 17.8 Å². The van der Waals surface area contributed by atoms with Crippen molar-refractivity contribution >= 4 is 60.8 Å². The second-order valence-corrected chi connectivity index (χ2v) is 6.68. The van der Waals surface area contributed by atoms with Crippen LogP contribution in [0.3, 0.4) is 0 Å². The number of aliphatic carboxylic acids is 2. The molecule has 0 saturated heterocycles. The summed E-state index contributed by atoms with van der Waals surface area (Å²) < 4.78 is 0. The Morgan fingerprint density at radius 1 is 0.792 bits per heavy atom. The minimum atomic E-state index is -1.26. The molecule has 0 aromatic rings. The molecule has 5 heteroatoms. The smallest absolute Gasteiger partial charge is 1.00 e. The first-order valence-electron chi connectivity index (χ1n) is 9.45. The quantitative estimate of drug-likeness (QED) is 0.197. The number of hydrogen-bond donors (Lipinski definition) is 2. The zero-order chi connectivity index (χ0) is 17.7. The molecule has 0 saturated carbocycles. The number of unbranched alkanes of at least 4 members (excludes halogenated alkanes) is 6. The fraction of sp³-hybridized carbons (Fsp3) is 0.895. The van der Waals surface area contributed by atoms with E-state index in [0.29, 0.717) is 0 Å². The van der Waals surface area contributed by atoms with Gasteiger partial charge in [-0.15, -0.1) is 0 Å². The maximum Gasteiger partial charge on any atom is 2.00 e. The maximum atomic E-state index is 11.5. The molecule has 0 aliphatic carbocycles. The van der Waals surface area contributed by atoms with Gasteiger partial charge in [0.1, 0.15) is 0 Å². The Kier molecular flexibility index (Phi) is 18.9. The molecule has 0 bridgehead atoms. The van der Waals surface area contributed by atoms with Crippen molar-refractivity contribution in [3.63, 3.8) is 0 Å². The van der Waals surface area contributed by atoms with Crippen molar-refractivity contribution in [3.05, 3.63) is 0 Å². The molecule has 0 rings (SSSR count). The first-order chi connectivity index (χ1) is 11.0. The van der Waals surface area contributed by atoms with Crippen LogP contribution in [-0.4, -0.2) is 71.0 Å². The summed E-state index contributed by atoms with van der Waals surface area (Å²) in [5.74, 6) is -3.65. The molecule has 0 aliphatic heterocycles. The topological polar surface area (TPSA) is 74.6 Å². The summed E-state index contributed by atoms with van der Waals surface area (Å²) in [7, 11) is 0. The molecule has 0 aromatic heterocycles. The number of carbonyl (C=O) groups is 2. The number of carboxylic acid groups (broad SMARTS) is 2. The van der Waals surface area contributed by atoms with Gasteiger partial charge in [0.05, 0.1) is 0 Å². The normalized spacial score (nSPS) is 13.3. The third kappa shape index (κ3) is 11.2. The van der Waals surface area contributed by atoms with Crippen molar-refractivity contribution in [2.45, 2.75) is 91.4 Å². The van der Waals surface area contributed by atoms with Crippen LogP contribution in [0.5, 0.6) is 0 Å². The Balaban J connectivity index is -0.000000807. The molecule has 2 N–H and O–H groups in total. The van der Waals surface area contributed by atoms with E-state index in [2.05, 4.69) is 20.8 Å². The standard InChI is InChI=1S/C19H36O4.Ba.2H/c1-4-7-9-10-12-14-16(17(18(20)21)19(22)23)15(6-3)13-11-8-5-2;;;/h15-17H,4-14H2,1-3H3,(H,20,21)(H,22,23);;;/q;+2;2*-1. The van der Waals surface area contributed by atoms with Crippen LogP contribution in [0.2, 0.25) is 0 Å². The molecule has 0 heterocycles. The molecule has 0 aliphatic rings. The van der Waals surface area contributed by atoms with Gasteiger partial charge in [-0.1, -0.05) is 85.0 Å². The van der Waals surface area contributed by atoms with Crippen molar-refractivity contribution in [3.8, 4) is 0 Å². The van der Waals surface area contributed by atoms with Gasteiger partial charge in [0.15, 0.2) is 5.92 Å². The van der Waals surface area contributed by atoms with E-state index in [4.69, 9.17) is 0 Å². The fourth-order valence-electron chi connectivity index (χ4n) is 3.51. The van der Waals surface area contributed by atoms with Crippen LogP contribution in [0.25, 0.3) is 0 Å².